The molecule has 0 aliphatic carbocycles. The predicted octanol–water partition coefficient (Wildman–Crippen LogP) is 2.89. The number of ketones is 1. The molecule has 4 nitrogen and oxygen atoms in total. The Hall–Kier alpha value is -1.36. The van der Waals surface area contributed by atoms with Gasteiger partial charge >= 0.3 is 0 Å². The number of hydrogen-bond donors (Lipinski definition) is 0. The van der Waals surface area contributed by atoms with Crippen LogP contribution in [0.3, 0.4) is 0 Å². The molecule has 0 radical (unpaired) electrons. The highest BCUT2D eigenvalue weighted by Crippen LogP contribution is 2.35. The van der Waals surface area contributed by atoms with Gasteiger partial charge in [0, 0.05) is 17.7 Å². The van der Waals surface area contributed by atoms with E-state index in [9.17, 15) is 4.79 Å². The minimum atomic E-state index is -0.0676. The molecule has 1 unspecified atom stereocenters. The first-order valence-electron chi connectivity index (χ1n) is 5.92. The molecule has 0 spiro atoms. The second-order valence-corrected chi connectivity index (χ2v) is 5.04. The summed E-state index contributed by atoms with van der Waals surface area (Å²) in [6, 6.07) is 3.36. The van der Waals surface area contributed by atoms with E-state index in [1.807, 2.05) is 13.2 Å². The molecule has 0 amide bonds. The third-order valence-corrected chi connectivity index (χ3v) is 3.67. The smallest absolute Gasteiger partial charge is 0.170 e. The highest BCUT2D eigenvalue weighted by molar-refractivity contribution is 7.98. The summed E-state index contributed by atoms with van der Waals surface area (Å²) in [6.07, 6.45) is 1.98. The maximum Gasteiger partial charge on any atom is 0.170 e. The summed E-state index contributed by atoms with van der Waals surface area (Å²) in [6.45, 7) is 1.91. The fourth-order valence-corrected chi connectivity index (χ4v) is 2.46. The Bertz CT molecular complexity index is 445. The van der Waals surface area contributed by atoms with Gasteiger partial charge in [0.25, 0.3) is 0 Å². The highest BCUT2D eigenvalue weighted by Gasteiger charge is 2.21. The van der Waals surface area contributed by atoms with Crippen LogP contribution in [0, 0.1) is 5.92 Å². The Morgan fingerprint density at radius 3 is 2.11 bits per heavy atom. The normalized spacial score (nSPS) is 11.8. The molecule has 1 rings (SSSR count). The van der Waals surface area contributed by atoms with Gasteiger partial charge in [-0.3, -0.25) is 4.79 Å². The van der Waals surface area contributed by atoms with E-state index >= 15 is 0 Å². The molecule has 1 aromatic rings. The van der Waals surface area contributed by atoms with E-state index in [1.54, 1.807) is 38.1 Å². The van der Waals surface area contributed by atoms with E-state index < -0.39 is 0 Å². The third-order valence-electron chi connectivity index (χ3n) is 2.84. The largest absolute Gasteiger partial charge is 0.496 e. The van der Waals surface area contributed by atoms with Gasteiger partial charge in [-0.1, -0.05) is 6.92 Å². The molecule has 0 heterocycles. The fourth-order valence-electron chi connectivity index (χ4n) is 1.81. The predicted molar refractivity (Wildman–Crippen MR) is 78.0 cm³/mol. The SMILES string of the molecule is COc1cc(OC)c(C(=O)C(C)CSC)cc1OC. The quantitative estimate of drug-likeness (QED) is 0.720. The summed E-state index contributed by atoms with van der Waals surface area (Å²) >= 11 is 1.65. The minimum absolute atomic E-state index is 0.0483. The number of rotatable bonds is 7. The molecular formula is C14H20O4S. The van der Waals surface area contributed by atoms with Crippen molar-refractivity contribution in [1.29, 1.82) is 0 Å². The maximum absolute atomic E-state index is 12.4. The second-order valence-electron chi connectivity index (χ2n) is 4.13. The van der Waals surface area contributed by atoms with Gasteiger partial charge in [-0.2, -0.15) is 11.8 Å². The number of Topliss-reactive ketones (excluding diaryl/α,β-unsaturated/α-hetero) is 1. The molecule has 0 bridgehead atoms. The zero-order valence-electron chi connectivity index (χ0n) is 12.0. The lowest BCUT2D eigenvalue weighted by atomic mass is 9.99. The van der Waals surface area contributed by atoms with Gasteiger partial charge in [0.05, 0.1) is 26.9 Å². The molecule has 5 heteroatoms. The Morgan fingerprint density at radius 2 is 1.63 bits per heavy atom. The number of carbonyl (C=O) groups is 1. The van der Waals surface area contributed by atoms with Crippen molar-refractivity contribution >= 4 is 17.5 Å². The molecular weight excluding hydrogens is 264 g/mol. The van der Waals surface area contributed by atoms with Gasteiger partial charge in [-0.15, -0.1) is 0 Å². The van der Waals surface area contributed by atoms with Gasteiger partial charge in [0.2, 0.25) is 0 Å². The molecule has 0 N–H and O–H groups in total. The number of methoxy groups -OCH3 is 3. The van der Waals surface area contributed by atoms with Crippen molar-refractivity contribution in [2.45, 2.75) is 6.92 Å². The first-order chi connectivity index (χ1) is 9.08. The zero-order chi connectivity index (χ0) is 14.4. The number of thioether (sulfide) groups is 1. The van der Waals surface area contributed by atoms with Gasteiger partial charge in [0.1, 0.15) is 5.75 Å². The second kappa shape index (κ2) is 7.28. The average Bonchev–Trinajstić information content (AvgIpc) is 2.45. The maximum atomic E-state index is 12.4. The monoisotopic (exact) mass is 284 g/mol. The van der Waals surface area contributed by atoms with E-state index in [1.165, 1.54) is 7.11 Å². The first kappa shape index (κ1) is 15.7. The van der Waals surface area contributed by atoms with E-state index in [0.29, 0.717) is 22.8 Å². The van der Waals surface area contributed by atoms with Crippen molar-refractivity contribution < 1.29 is 19.0 Å². The standard InChI is InChI=1S/C14H20O4S/c1-9(8-19-5)14(15)10-6-12(17-3)13(18-4)7-11(10)16-2/h6-7,9H,8H2,1-5H3. The Balaban J connectivity index is 3.21. The van der Waals surface area contributed by atoms with E-state index in [-0.39, 0.29) is 11.7 Å². The molecule has 1 atom stereocenters. The van der Waals surface area contributed by atoms with Crippen LogP contribution in [0.2, 0.25) is 0 Å². The molecule has 1 aromatic carbocycles. The van der Waals surface area contributed by atoms with Crippen LogP contribution in [0.15, 0.2) is 12.1 Å². The summed E-state index contributed by atoms with van der Waals surface area (Å²) in [5.74, 6) is 2.34. The molecule has 19 heavy (non-hydrogen) atoms. The Labute approximate surface area is 118 Å². The summed E-state index contributed by atoms with van der Waals surface area (Å²) in [5.41, 5.74) is 0.529. The van der Waals surface area contributed by atoms with Crippen molar-refractivity contribution in [2.75, 3.05) is 33.3 Å². The van der Waals surface area contributed by atoms with E-state index in [0.717, 1.165) is 5.75 Å². The van der Waals surface area contributed by atoms with Crippen molar-refractivity contribution in [3.05, 3.63) is 17.7 Å². The summed E-state index contributed by atoms with van der Waals surface area (Å²) in [5, 5.41) is 0. The number of ether oxygens (including phenoxy) is 3. The highest BCUT2D eigenvalue weighted by atomic mass is 32.2. The lowest BCUT2D eigenvalue weighted by molar-refractivity contribution is 0.0938. The van der Waals surface area contributed by atoms with Crippen molar-refractivity contribution in [3.63, 3.8) is 0 Å². The molecule has 0 aliphatic heterocycles. The van der Waals surface area contributed by atoms with Crippen molar-refractivity contribution in [3.8, 4) is 17.2 Å². The van der Waals surface area contributed by atoms with Crippen molar-refractivity contribution in [2.24, 2.45) is 5.92 Å². The van der Waals surface area contributed by atoms with Gasteiger partial charge < -0.3 is 14.2 Å². The number of benzene rings is 1. The first-order valence-corrected chi connectivity index (χ1v) is 7.31. The summed E-state index contributed by atoms with van der Waals surface area (Å²) in [4.78, 5) is 12.4. The van der Waals surface area contributed by atoms with Gasteiger partial charge in [-0.05, 0) is 12.3 Å². The molecule has 0 aromatic heterocycles. The zero-order valence-corrected chi connectivity index (χ0v) is 12.8. The Morgan fingerprint density at radius 1 is 1.11 bits per heavy atom. The number of hydrogen-bond acceptors (Lipinski definition) is 5. The van der Waals surface area contributed by atoms with E-state index in [4.69, 9.17) is 14.2 Å². The topological polar surface area (TPSA) is 44.8 Å². The fraction of sp³-hybridized carbons (Fsp3) is 0.500. The van der Waals surface area contributed by atoms with E-state index in [2.05, 4.69) is 0 Å². The lowest BCUT2D eigenvalue weighted by Crippen LogP contribution is -2.15. The average molecular weight is 284 g/mol. The summed E-state index contributed by atoms with van der Waals surface area (Å²) < 4.78 is 15.7. The molecule has 0 saturated carbocycles. The molecule has 0 fully saturated rings. The van der Waals surface area contributed by atoms with Gasteiger partial charge in [-0.25, -0.2) is 0 Å². The van der Waals surface area contributed by atoms with Crippen LogP contribution < -0.4 is 14.2 Å². The third kappa shape index (κ3) is 3.56. The minimum Gasteiger partial charge on any atom is -0.496 e. The lowest BCUT2D eigenvalue weighted by Gasteiger charge is -2.15. The van der Waals surface area contributed by atoms with Crippen LogP contribution in [0.5, 0.6) is 17.2 Å². The summed E-state index contributed by atoms with van der Waals surface area (Å²) in [7, 11) is 4.64. The van der Waals surface area contributed by atoms with Crippen molar-refractivity contribution in [1.82, 2.24) is 0 Å². The number of carbonyl (C=O) groups excluding carboxylic acids is 1. The van der Waals surface area contributed by atoms with Crippen LogP contribution in [-0.4, -0.2) is 39.1 Å². The molecule has 106 valence electrons. The van der Waals surface area contributed by atoms with Crippen LogP contribution in [0.4, 0.5) is 0 Å². The molecule has 0 aliphatic rings. The van der Waals surface area contributed by atoms with Crippen LogP contribution in [-0.2, 0) is 0 Å². The van der Waals surface area contributed by atoms with Crippen LogP contribution >= 0.6 is 11.8 Å². The Kier molecular flexibility index (Phi) is 6.02. The van der Waals surface area contributed by atoms with Crippen LogP contribution in [0.25, 0.3) is 0 Å². The van der Waals surface area contributed by atoms with Gasteiger partial charge in [0.15, 0.2) is 17.3 Å². The van der Waals surface area contributed by atoms with Crippen LogP contribution in [0.1, 0.15) is 17.3 Å². The molecule has 0 saturated heterocycles.